The first kappa shape index (κ1) is 21.2. The molecule has 4 rings (SSSR count). The number of urea groups is 1. The van der Waals surface area contributed by atoms with Gasteiger partial charge in [-0.3, -0.25) is 10.2 Å². The highest BCUT2D eigenvalue weighted by molar-refractivity contribution is 6.06. The van der Waals surface area contributed by atoms with Gasteiger partial charge in [0.25, 0.3) is 0 Å². The number of benzene rings is 3. The van der Waals surface area contributed by atoms with Crippen LogP contribution in [-0.4, -0.2) is 17.7 Å². The van der Waals surface area contributed by atoms with E-state index in [1.54, 1.807) is 29.2 Å². The Morgan fingerprint density at radius 1 is 0.844 bits per heavy atom. The van der Waals surface area contributed by atoms with Crippen molar-refractivity contribution < 1.29 is 14.3 Å². The monoisotopic (exact) mass is 427 g/mol. The number of rotatable bonds is 3. The highest BCUT2D eigenvalue weighted by atomic mass is 16.6. The highest BCUT2D eigenvalue weighted by Gasteiger charge is 2.36. The Morgan fingerprint density at radius 3 is 2.06 bits per heavy atom. The Morgan fingerprint density at radius 2 is 1.44 bits per heavy atom. The van der Waals surface area contributed by atoms with Gasteiger partial charge in [-0.15, -0.1) is 0 Å². The van der Waals surface area contributed by atoms with E-state index in [1.807, 2.05) is 81.4 Å². The van der Waals surface area contributed by atoms with Gasteiger partial charge in [0.2, 0.25) is 0 Å². The molecule has 0 atom stereocenters. The number of carbonyl (C=O) groups is 2. The fraction of sp³-hybridized carbons (Fsp3) is 0.154. The zero-order chi connectivity index (χ0) is 22.7. The largest absolute Gasteiger partial charge is 0.417 e. The van der Waals surface area contributed by atoms with E-state index in [2.05, 4.69) is 10.6 Å². The average molecular weight is 428 g/mol. The first-order chi connectivity index (χ1) is 15.3. The third-order valence-corrected chi connectivity index (χ3v) is 5.24. The van der Waals surface area contributed by atoms with Gasteiger partial charge in [0.15, 0.2) is 0 Å². The molecule has 6 nitrogen and oxygen atoms in total. The first-order valence-corrected chi connectivity index (χ1v) is 10.4. The van der Waals surface area contributed by atoms with Gasteiger partial charge < -0.3 is 10.1 Å². The molecule has 3 aromatic carbocycles. The van der Waals surface area contributed by atoms with Crippen LogP contribution in [0.4, 0.5) is 26.7 Å². The molecule has 1 aliphatic heterocycles. The molecular weight excluding hydrogens is 402 g/mol. The molecular formula is C26H25N3O3. The Hall–Kier alpha value is -4.06. The van der Waals surface area contributed by atoms with Crippen LogP contribution in [0.15, 0.2) is 84.9 Å². The molecule has 0 saturated heterocycles. The Labute approximate surface area is 187 Å². The summed E-state index contributed by atoms with van der Waals surface area (Å²) in [6.45, 7) is 5.96. The van der Waals surface area contributed by atoms with Crippen molar-refractivity contribution in [2.24, 2.45) is 0 Å². The lowest BCUT2D eigenvalue weighted by molar-refractivity contribution is 0.215. The molecule has 1 aliphatic rings. The second kappa shape index (κ2) is 8.59. The number of anilines is 3. The summed E-state index contributed by atoms with van der Waals surface area (Å²) < 4.78 is 5.48. The van der Waals surface area contributed by atoms with Crippen LogP contribution in [0.25, 0.3) is 5.57 Å². The second-order valence-corrected chi connectivity index (χ2v) is 8.17. The van der Waals surface area contributed by atoms with E-state index in [9.17, 15) is 9.59 Å². The van der Waals surface area contributed by atoms with Crippen LogP contribution in [0.2, 0.25) is 0 Å². The van der Waals surface area contributed by atoms with Crippen molar-refractivity contribution in [1.82, 2.24) is 0 Å². The number of amides is 3. The summed E-state index contributed by atoms with van der Waals surface area (Å²) in [6, 6.07) is 23.5. The van der Waals surface area contributed by atoms with Crippen molar-refractivity contribution in [2.75, 3.05) is 15.5 Å². The van der Waals surface area contributed by atoms with Gasteiger partial charge in [-0.2, -0.15) is 0 Å². The van der Waals surface area contributed by atoms with Crippen molar-refractivity contribution in [1.29, 1.82) is 0 Å². The fourth-order valence-corrected chi connectivity index (χ4v) is 3.92. The molecule has 3 aromatic rings. The maximum Gasteiger partial charge on any atom is 0.417 e. The highest BCUT2D eigenvalue weighted by Crippen LogP contribution is 2.41. The lowest BCUT2D eigenvalue weighted by Gasteiger charge is -2.41. The molecule has 0 bridgehead atoms. The summed E-state index contributed by atoms with van der Waals surface area (Å²) in [4.78, 5) is 27.2. The molecule has 0 saturated carbocycles. The zero-order valence-corrected chi connectivity index (χ0v) is 18.3. The quantitative estimate of drug-likeness (QED) is 0.499. The molecule has 2 N–H and O–H groups in total. The van der Waals surface area contributed by atoms with E-state index >= 15 is 0 Å². The lowest BCUT2D eigenvalue weighted by atomic mass is 9.89. The maximum absolute atomic E-state index is 13.2. The van der Waals surface area contributed by atoms with E-state index in [0.29, 0.717) is 11.4 Å². The molecule has 0 radical (unpaired) electrons. The summed E-state index contributed by atoms with van der Waals surface area (Å²) in [5.41, 5.74) is 3.42. The number of hydrogen-bond donors (Lipinski definition) is 2. The number of hydrogen-bond acceptors (Lipinski definition) is 3. The van der Waals surface area contributed by atoms with Gasteiger partial charge in [0.05, 0.1) is 11.2 Å². The van der Waals surface area contributed by atoms with Crippen molar-refractivity contribution in [3.63, 3.8) is 0 Å². The molecule has 32 heavy (non-hydrogen) atoms. The van der Waals surface area contributed by atoms with Crippen LogP contribution < -0.4 is 20.3 Å². The topological polar surface area (TPSA) is 70.7 Å². The summed E-state index contributed by atoms with van der Waals surface area (Å²) in [7, 11) is 0. The second-order valence-electron chi connectivity index (χ2n) is 8.17. The molecule has 0 spiro atoms. The number of carbonyl (C=O) groups excluding carboxylic acids is 2. The van der Waals surface area contributed by atoms with E-state index in [-0.39, 0.29) is 6.03 Å². The standard InChI is InChI=1S/C26H25N3O3/c1-18-17-26(2,3)29(24(30)27-19-10-6-4-7-11-19)23-15-14-21(16-22(18)23)32-25(31)28-20-12-8-5-9-13-20/h4-17H,1-3H3,(H,27,30)(H,28,31). The van der Waals surface area contributed by atoms with E-state index < -0.39 is 11.6 Å². The number of ether oxygens (including phenoxy) is 1. The minimum Gasteiger partial charge on any atom is -0.410 e. The Kier molecular flexibility index (Phi) is 5.69. The lowest BCUT2D eigenvalue weighted by Crippen LogP contribution is -2.50. The van der Waals surface area contributed by atoms with E-state index in [0.717, 1.165) is 22.5 Å². The molecule has 0 fully saturated rings. The number of nitrogens with zero attached hydrogens (tertiary/aromatic N) is 1. The van der Waals surface area contributed by atoms with Crippen molar-refractivity contribution >= 4 is 34.8 Å². The van der Waals surface area contributed by atoms with Crippen molar-refractivity contribution in [3.05, 3.63) is 90.5 Å². The molecule has 0 aromatic heterocycles. The molecule has 6 heteroatoms. The molecule has 1 heterocycles. The smallest absolute Gasteiger partial charge is 0.410 e. The van der Waals surface area contributed by atoms with E-state index in [4.69, 9.17) is 4.74 Å². The molecule has 3 amide bonds. The maximum atomic E-state index is 13.2. The minimum absolute atomic E-state index is 0.235. The van der Waals surface area contributed by atoms with Gasteiger partial charge in [-0.1, -0.05) is 42.5 Å². The van der Waals surface area contributed by atoms with Crippen LogP contribution in [0, 0.1) is 0 Å². The third-order valence-electron chi connectivity index (χ3n) is 5.24. The first-order valence-electron chi connectivity index (χ1n) is 10.4. The van der Waals surface area contributed by atoms with Crippen LogP contribution >= 0.6 is 0 Å². The number of nitrogens with one attached hydrogen (secondary N) is 2. The fourth-order valence-electron chi connectivity index (χ4n) is 3.92. The molecule has 0 aliphatic carbocycles. The minimum atomic E-state index is -0.576. The van der Waals surface area contributed by atoms with Crippen LogP contribution in [0.1, 0.15) is 26.3 Å². The summed E-state index contributed by atoms with van der Waals surface area (Å²) in [5, 5.41) is 5.66. The summed E-state index contributed by atoms with van der Waals surface area (Å²) in [6.07, 6.45) is 1.46. The normalized spacial score (nSPS) is 14.1. The van der Waals surface area contributed by atoms with Crippen LogP contribution in [-0.2, 0) is 0 Å². The molecule has 0 unspecified atom stereocenters. The Balaban J connectivity index is 1.59. The predicted molar refractivity (Wildman–Crippen MR) is 128 cm³/mol. The summed E-state index contributed by atoms with van der Waals surface area (Å²) >= 11 is 0. The van der Waals surface area contributed by atoms with E-state index in [1.165, 1.54) is 0 Å². The molecule has 162 valence electrons. The van der Waals surface area contributed by atoms with Crippen LogP contribution in [0.3, 0.4) is 0 Å². The SMILES string of the molecule is CC1=CC(C)(C)N(C(=O)Nc2ccccc2)c2ccc(OC(=O)Nc3ccccc3)cc21. The van der Waals surface area contributed by atoms with Gasteiger partial charge in [0, 0.05) is 16.9 Å². The van der Waals surface area contributed by atoms with Crippen molar-refractivity contribution in [2.45, 2.75) is 26.3 Å². The number of allylic oxidation sites excluding steroid dienone is 1. The van der Waals surface area contributed by atoms with Gasteiger partial charge in [-0.05, 0) is 68.8 Å². The predicted octanol–water partition coefficient (Wildman–Crippen LogP) is 6.53. The zero-order valence-electron chi connectivity index (χ0n) is 18.3. The van der Waals surface area contributed by atoms with Crippen molar-refractivity contribution in [3.8, 4) is 5.75 Å². The average Bonchev–Trinajstić information content (AvgIpc) is 2.75. The Bertz CT molecular complexity index is 1170. The summed E-state index contributed by atoms with van der Waals surface area (Å²) in [5.74, 6) is 0.396. The van der Waals surface area contributed by atoms with Gasteiger partial charge in [-0.25, -0.2) is 9.59 Å². The third kappa shape index (κ3) is 4.49. The number of para-hydroxylation sites is 2. The number of fused-ring (bicyclic) bond motifs is 1. The van der Waals surface area contributed by atoms with Gasteiger partial charge >= 0.3 is 12.1 Å². The van der Waals surface area contributed by atoms with Gasteiger partial charge in [0.1, 0.15) is 5.75 Å². The van der Waals surface area contributed by atoms with Crippen LogP contribution in [0.5, 0.6) is 5.75 Å².